The van der Waals surface area contributed by atoms with Crippen LogP contribution in [0.15, 0.2) is 158 Å². The van der Waals surface area contributed by atoms with Crippen molar-refractivity contribution in [3.63, 3.8) is 0 Å². The highest BCUT2D eigenvalue weighted by atomic mass is 19.2. The third-order valence-electron chi connectivity index (χ3n) is 12.0. The van der Waals surface area contributed by atoms with Crippen LogP contribution >= 0.6 is 0 Å². The van der Waals surface area contributed by atoms with E-state index in [0.717, 1.165) is 24.3 Å². The summed E-state index contributed by atoms with van der Waals surface area (Å²) in [4.78, 5) is 0. The van der Waals surface area contributed by atoms with Gasteiger partial charge in [0, 0.05) is 22.3 Å². The number of benzene rings is 9. The second-order valence-corrected chi connectivity index (χ2v) is 15.8. The minimum atomic E-state index is -1.03. The molecule has 0 aliphatic rings. The molecule has 334 valence electrons. The number of nitrogens with zero attached hydrogens (tertiary/aromatic N) is 4. The highest BCUT2D eigenvalue weighted by Gasteiger charge is 2.22. The van der Waals surface area contributed by atoms with Crippen LogP contribution in [0.4, 0.5) is 35.1 Å². The van der Waals surface area contributed by atoms with Gasteiger partial charge < -0.3 is 0 Å². The van der Waals surface area contributed by atoms with Crippen LogP contribution in [0.2, 0.25) is 0 Å². The van der Waals surface area contributed by atoms with Crippen LogP contribution in [-0.4, -0.2) is 0 Å². The Bertz CT molecular complexity index is 3270. The largest absolute Gasteiger partial charge is 0.205 e. The Morgan fingerprint density at radius 2 is 0.371 bits per heavy atom. The Balaban J connectivity index is 1.26. The smallest absolute Gasteiger partial charge is 0.151 e. The van der Waals surface area contributed by atoms with Crippen LogP contribution in [0.5, 0.6) is 0 Å². The molecule has 9 aromatic carbocycles. The lowest BCUT2D eigenvalue weighted by molar-refractivity contribution is 0.578. The first-order valence-corrected chi connectivity index (χ1v) is 21.0. The van der Waals surface area contributed by atoms with Crippen molar-refractivity contribution in [3.8, 4) is 113 Å². The van der Waals surface area contributed by atoms with E-state index in [1.54, 1.807) is 121 Å². The topological polar surface area (TPSA) is 95.2 Å². The first-order chi connectivity index (χ1) is 33.8. The summed E-state index contributed by atoms with van der Waals surface area (Å²) in [5, 5.41) is 37.7. The van der Waals surface area contributed by atoms with E-state index in [-0.39, 0.29) is 22.3 Å². The second-order valence-electron chi connectivity index (χ2n) is 15.8. The van der Waals surface area contributed by atoms with E-state index in [1.807, 2.05) is 12.1 Å². The minimum Gasteiger partial charge on any atom is -0.205 e. The maximum Gasteiger partial charge on any atom is 0.151 e. The highest BCUT2D eigenvalue weighted by Crippen LogP contribution is 2.44. The third-order valence-corrected chi connectivity index (χ3v) is 12.0. The highest BCUT2D eigenvalue weighted by molar-refractivity contribution is 5.96. The minimum absolute atomic E-state index is 0.0173. The molecule has 0 amide bonds. The molecule has 12 heteroatoms. The summed E-state index contributed by atoms with van der Waals surface area (Å²) >= 11 is 0. The lowest BCUT2D eigenvalue weighted by Crippen LogP contribution is -1.96. The molecule has 0 spiro atoms. The molecule has 0 atom stereocenters. The van der Waals surface area contributed by atoms with Crippen LogP contribution in [0.1, 0.15) is 22.3 Å². The molecule has 0 aliphatic heterocycles. The zero-order valence-corrected chi connectivity index (χ0v) is 35.8. The van der Waals surface area contributed by atoms with Gasteiger partial charge in [0.05, 0.1) is 0 Å². The van der Waals surface area contributed by atoms with Gasteiger partial charge in [0.2, 0.25) is 0 Å². The fourth-order valence-electron chi connectivity index (χ4n) is 8.38. The Kier molecular flexibility index (Phi) is 12.1. The van der Waals surface area contributed by atoms with Gasteiger partial charge >= 0.3 is 0 Å². The number of hydrogen-bond donors (Lipinski definition) is 0. The monoisotopic (exact) mass is 930 g/mol. The van der Waals surface area contributed by atoms with Crippen LogP contribution in [-0.2, 0) is 0 Å². The summed E-state index contributed by atoms with van der Waals surface area (Å²) in [6, 6.07) is 45.3. The van der Waals surface area contributed by atoms with Crippen molar-refractivity contribution in [1.82, 2.24) is 0 Å². The lowest BCUT2D eigenvalue weighted by Gasteiger charge is -2.19. The predicted octanol–water partition coefficient (Wildman–Crippen LogP) is 15.6. The Labute approximate surface area is 394 Å². The van der Waals surface area contributed by atoms with Gasteiger partial charge in [-0.3, -0.25) is 0 Å². The van der Waals surface area contributed by atoms with Crippen molar-refractivity contribution in [1.29, 1.82) is 21.0 Å². The van der Waals surface area contributed by atoms with Crippen molar-refractivity contribution in [2.45, 2.75) is 0 Å². The number of halogens is 8. The molecule has 0 fully saturated rings. The molecule has 0 radical (unpaired) electrons. The molecular formula is C58H26F8N4. The third kappa shape index (κ3) is 8.06. The van der Waals surface area contributed by atoms with Crippen LogP contribution in [0.3, 0.4) is 0 Å². The van der Waals surface area contributed by atoms with Gasteiger partial charge in [0.1, 0.15) is 69.8 Å². The molecule has 0 saturated heterocycles. The van der Waals surface area contributed by atoms with Gasteiger partial charge in [-0.05, 0) is 127 Å². The van der Waals surface area contributed by atoms with E-state index in [2.05, 4.69) is 0 Å². The van der Waals surface area contributed by atoms with Gasteiger partial charge in [-0.2, -0.15) is 21.0 Å². The van der Waals surface area contributed by atoms with Crippen molar-refractivity contribution < 1.29 is 35.1 Å². The first-order valence-electron chi connectivity index (χ1n) is 21.0. The Morgan fingerprint density at radius 3 is 0.529 bits per heavy atom. The van der Waals surface area contributed by atoms with Gasteiger partial charge in [0.25, 0.3) is 0 Å². The van der Waals surface area contributed by atoms with Crippen LogP contribution < -0.4 is 0 Å². The zero-order valence-electron chi connectivity index (χ0n) is 35.8. The molecule has 0 bridgehead atoms. The summed E-state index contributed by atoms with van der Waals surface area (Å²) < 4.78 is 119. The Morgan fingerprint density at radius 1 is 0.214 bits per heavy atom. The normalized spacial score (nSPS) is 10.8. The van der Waals surface area contributed by atoms with Crippen molar-refractivity contribution in [2.75, 3.05) is 0 Å². The van der Waals surface area contributed by atoms with E-state index in [1.165, 1.54) is 24.3 Å². The summed E-state index contributed by atoms with van der Waals surface area (Å²) in [6.07, 6.45) is 0. The van der Waals surface area contributed by atoms with Gasteiger partial charge in [-0.1, -0.05) is 97.1 Å². The fraction of sp³-hybridized carbons (Fsp3) is 0. The molecule has 70 heavy (non-hydrogen) atoms. The predicted molar refractivity (Wildman–Crippen MR) is 248 cm³/mol. The number of nitriles is 4. The average Bonchev–Trinajstić information content (AvgIpc) is 3.37. The fourth-order valence-corrected chi connectivity index (χ4v) is 8.38. The van der Waals surface area contributed by atoms with Gasteiger partial charge in [0.15, 0.2) is 23.3 Å². The first kappa shape index (κ1) is 45.5. The summed E-state index contributed by atoms with van der Waals surface area (Å²) in [5.74, 6) is -8.17. The molecule has 4 nitrogen and oxygen atoms in total. The van der Waals surface area contributed by atoms with Crippen LogP contribution in [0, 0.1) is 91.9 Å². The molecule has 0 saturated carbocycles. The van der Waals surface area contributed by atoms with E-state index in [0.29, 0.717) is 66.8 Å². The van der Waals surface area contributed by atoms with Crippen molar-refractivity contribution >= 4 is 0 Å². The van der Waals surface area contributed by atoms with Gasteiger partial charge in [-0.15, -0.1) is 0 Å². The van der Waals surface area contributed by atoms with E-state index in [4.69, 9.17) is 0 Å². The average molecular weight is 931 g/mol. The quantitative estimate of drug-likeness (QED) is 0.142. The summed E-state index contributed by atoms with van der Waals surface area (Å²) in [6.45, 7) is 0. The van der Waals surface area contributed by atoms with Crippen molar-refractivity contribution in [2.24, 2.45) is 0 Å². The molecule has 9 rings (SSSR count). The maximum absolute atomic E-state index is 15.4. The number of rotatable bonds is 8. The van der Waals surface area contributed by atoms with E-state index < -0.39 is 68.8 Å². The van der Waals surface area contributed by atoms with Crippen molar-refractivity contribution in [3.05, 3.63) is 227 Å². The molecule has 0 N–H and O–H groups in total. The molecular weight excluding hydrogens is 905 g/mol. The van der Waals surface area contributed by atoms with Gasteiger partial charge in [-0.25, -0.2) is 35.1 Å². The molecule has 9 aromatic rings. The number of hydrogen-bond acceptors (Lipinski definition) is 4. The lowest BCUT2D eigenvalue weighted by atomic mass is 9.84. The Hall–Kier alpha value is -9.62. The molecule has 0 aliphatic carbocycles. The zero-order chi connectivity index (χ0) is 49.4. The summed E-state index contributed by atoms with van der Waals surface area (Å²) in [5.41, 5.74) is 3.05. The van der Waals surface area contributed by atoms with Crippen LogP contribution in [0.25, 0.3) is 89.0 Å². The standard InChI is InChI=1S/C58H26F8N4/c59-51-21-17-39(55(63)47(51)27-67)31-1-9-35(10-2-31)43-25-45(37-13-5-33(6-14-37)41-19-23-53(61)49(29-69)57(41)65)46(38-15-7-34(8-16-38)42-20-24-54(62)50(30-70)58(42)66)26-44(43)36-11-3-32(4-12-36)40-18-22-52(60)48(28-68)56(40)64/h1-26H. The SMILES string of the molecule is N#Cc1c(F)ccc(-c2ccc(-c3cc(-c4ccc(-c5ccc(F)c(C#N)c5F)cc4)c(-c4ccc(-c5ccc(F)c(C#N)c5F)cc4)cc3-c3ccc(-c4ccc(F)c(C#N)c4F)cc3)cc2)c1F. The summed E-state index contributed by atoms with van der Waals surface area (Å²) in [7, 11) is 0. The molecule has 0 aromatic heterocycles. The second kappa shape index (κ2) is 18.6. The maximum atomic E-state index is 15.4. The van der Waals surface area contributed by atoms with E-state index in [9.17, 15) is 38.6 Å². The molecule has 0 heterocycles. The molecule has 0 unspecified atom stereocenters. The van der Waals surface area contributed by atoms with E-state index >= 15 is 17.6 Å².